The molecule has 0 unspecified atom stereocenters. The normalized spacial score (nSPS) is 11.4. The van der Waals surface area contributed by atoms with E-state index in [1.54, 1.807) is 10.1 Å². The topological polar surface area (TPSA) is 88.9 Å². The summed E-state index contributed by atoms with van der Waals surface area (Å²) in [6, 6.07) is 13.5. The number of aromatic nitrogens is 3. The number of rotatable bonds is 6. The largest absolute Gasteiger partial charge is 0.340 e. The van der Waals surface area contributed by atoms with Crippen molar-refractivity contribution < 1.29 is 12.8 Å². The van der Waals surface area contributed by atoms with Crippen LogP contribution in [0.1, 0.15) is 11.3 Å². The highest BCUT2D eigenvalue weighted by Crippen LogP contribution is 2.27. The highest BCUT2D eigenvalue weighted by Gasteiger charge is 2.21. The van der Waals surface area contributed by atoms with Gasteiger partial charge in [0, 0.05) is 23.3 Å². The third kappa shape index (κ3) is 4.05. The molecule has 2 aromatic carbocycles. The summed E-state index contributed by atoms with van der Waals surface area (Å²) < 4.78 is 43.6. The molecule has 4 rings (SSSR count). The lowest BCUT2D eigenvalue weighted by atomic mass is 10.2. The second-order valence-electron chi connectivity index (χ2n) is 6.58. The van der Waals surface area contributed by atoms with Gasteiger partial charge in [-0.25, -0.2) is 22.5 Å². The second kappa shape index (κ2) is 7.88. The third-order valence-corrected chi connectivity index (χ3v) is 6.51. The molecule has 0 bridgehead atoms. The lowest BCUT2D eigenvalue weighted by Crippen LogP contribution is -2.14. The van der Waals surface area contributed by atoms with Gasteiger partial charge in [0.2, 0.25) is 0 Å². The van der Waals surface area contributed by atoms with Gasteiger partial charge in [-0.1, -0.05) is 18.2 Å². The Labute approximate surface area is 177 Å². The molecule has 0 aliphatic heterocycles. The third-order valence-electron chi connectivity index (χ3n) is 4.32. The van der Waals surface area contributed by atoms with E-state index in [0.29, 0.717) is 11.5 Å². The average Bonchev–Trinajstić information content (AvgIpc) is 3.31. The first kappa shape index (κ1) is 20.0. The van der Waals surface area contributed by atoms with Crippen molar-refractivity contribution in [3.63, 3.8) is 0 Å². The maximum atomic E-state index is 14.7. The summed E-state index contributed by atoms with van der Waals surface area (Å²) in [6.07, 6.45) is 1.46. The fourth-order valence-corrected chi connectivity index (χ4v) is 4.81. The van der Waals surface area contributed by atoms with Crippen molar-refractivity contribution in [2.24, 2.45) is 0 Å². The molecule has 0 saturated carbocycles. The van der Waals surface area contributed by atoms with Crippen molar-refractivity contribution in [3.05, 3.63) is 77.2 Å². The van der Waals surface area contributed by atoms with Gasteiger partial charge in [0.1, 0.15) is 16.5 Å². The molecule has 0 saturated heterocycles. The van der Waals surface area contributed by atoms with Gasteiger partial charge in [0.05, 0.1) is 11.4 Å². The highest BCUT2D eigenvalue weighted by molar-refractivity contribution is 7.93. The van der Waals surface area contributed by atoms with E-state index >= 15 is 0 Å². The van der Waals surface area contributed by atoms with Crippen LogP contribution in [0.4, 0.5) is 21.0 Å². The molecular weight excluding hydrogens is 425 g/mol. The van der Waals surface area contributed by atoms with Crippen molar-refractivity contribution in [1.29, 1.82) is 0 Å². The lowest BCUT2D eigenvalue weighted by Gasteiger charge is -2.13. The summed E-state index contributed by atoms with van der Waals surface area (Å²) in [7, 11) is -4.08. The molecule has 0 aliphatic carbocycles. The summed E-state index contributed by atoms with van der Waals surface area (Å²) >= 11 is 1.11. The number of aryl methyl sites for hydroxylation is 2. The van der Waals surface area contributed by atoms with E-state index in [1.165, 1.54) is 18.3 Å². The van der Waals surface area contributed by atoms with Gasteiger partial charge in [-0.2, -0.15) is 5.10 Å². The lowest BCUT2D eigenvalue weighted by molar-refractivity contribution is 0.570. The zero-order chi connectivity index (χ0) is 21.3. The molecule has 2 heterocycles. The number of hydrogen-bond donors (Lipinski definition) is 2. The number of halogens is 1. The molecule has 0 spiro atoms. The fraction of sp³-hybridized carbons (Fsp3) is 0.100. The Balaban J connectivity index is 1.63. The molecule has 30 heavy (non-hydrogen) atoms. The zero-order valence-corrected chi connectivity index (χ0v) is 17.8. The molecular formula is C20H18FN5O2S2. The zero-order valence-electron chi connectivity index (χ0n) is 16.1. The predicted molar refractivity (Wildman–Crippen MR) is 116 cm³/mol. The quantitative estimate of drug-likeness (QED) is 0.454. The monoisotopic (exact) mass is 443 g/mol. The maximum Gasteiger partial charge on any atom is 0.266 e. The molecule has 0 fully saturated rings. The summed E-state index contributed by atoms with van der Waals surface area (Å²) in [4.78, 5) is 3.41. The van der Waals surface area contributed by atoms with Gasteiger partial charge in [-0.05, 0) is 43.7 Å². The summed E-state index contributed by atoms with van der Waals surface area (Å²) in [5, 5.41) is 9.43. The van der Waals surface area contributed by atoms with Gasteiger partial charge in [-0.15, -0.1) is 11.3 Å². The van der Waals surface area contributed by atoms with Crippen molar-refractivity contribution in [2.45, 2.75) is 18.7 Å². The van der Waals surface area contributed by atoms with Gasteiger partial charge >= 0.3 is 0 Å². The number of thiazole rings is 1. The minimum absolute atomic E-state index is 0.175. The number of nitrogens with zero attached hydrogens (tertiary/aromatic N) is 3. The number of benzene rings is 2. The molecule has 10 heteroatoms. The Kier molecular flexibility index (Phi) is 5.27. The fourth-order valence-electron chi connectivity index (χ4n) is 2.96. The highest BCUT2D eigenvalue weighted by atomic mass is 32.2. The number of hydrogen-bond acceptors (Lipinski definition) is 6. The van der Waals surface area contributed by atoms with E-state index in [0.717, 1.165) is 34.3 Å². The van der Waals surface area contributed by atoms with Crippen LogP contribution >= 0.6 is 11.3 Å². The predicted octanol–water partition coefficient (Wildman–Crippen LogP) is 4.63. The van der Waals surface area contributed by atoms with Crippen molar-refractivity contribution in [2.75, 3.05) is 10.0 Å². The molecule has 2 N–H and O–H groups in total. The number of nitrogens with one attached hydrogen (secondary N) is 2. The van der Waals surface area contributed by atoms with E-state index in [2.05, 4.69) is 20.1 Å². The minimum Gasteiger partial charge on any atom is -0.340 e. The van der Waals surface area contributed by atoms with Gasteiger partial charge in [-0.3, -0.25) is 4.72 Å². The van der Waals surface area contributed by atoms with E-state index in [4.69, 9.17) is 0 Å². The Bertz CT molecular complexity index is 1300. The number of para-hydroxylation sites is 1. The summed E-state index contributed by atoms with van der Waals surface area (Å²) in [5.41, 5.74) is 3.11. The van der Waals surface area contributed by atoms with Crippen molar-refractivity contribution in [1.82, 2.24) is 14.8 Å². The van der Waals surface area contributed by atoms with Crippen molar-refractivity contribution >= 4 is 38.0 Å². The number of sulfonamides is 1. The Hall–Kier alpha value is -3.24. The van der Waals surface area contributed by atoms with E-state index in [-0.39, 0.29) is 5.13 Å². The molecule has 0 atom stereocenters. The van der Waals surface area contributed by atoms with Crippen LogP contribution in [0.25, 0.3) is 5.69 Å². The first-order valence-corrected chi connectivity index (χ1v) is 11.3. The average molecular weight is 444 g/mol. The van der Waals surface area contributed by atoms with Crippen LogP contribution in [0.3, 0.4) is 0 Å². The maximum absolute atomic E-state index is 14.7. The van der Waals surface area contributed by atoms with Gasteiger partial charge < -0.3 is 5.32 Å². The Morgan fingerprint density at radius 3 is 2.60 bits per heavy atom. The minimum atomic E-state index is -4.08. The molecule has 7 nitrogen and oxygen atoms in total. The van der Waals surface area contributed by atoms with E-state index in [1.807, 2.05) is 44.2 Å². The summed E-state index contributed by atoms with van der Waals surface area (Å²) in [5.74, 6) is -0.236. The van der Waals surface area contributed by atoms with Crippen LogP contribution in [0.2, 0.25) is 0 Å². The molecule has 0 radical (unpaired) electrons. The van der Waals surface area contributed by atoms with E-state index < -0.39 is 20.7 Å². The van der Waals surface area contributed by atoms with Crippen molar-refractivity contribution in [3.8, 4) is 5.69 Å². The van der Waals surface area contributed by atoms with Crippen LogP contribution in [0.5, 0.6) is 0 Å². The summed E-state index contributed by atoms with van der Waals surface area (Å²) in [6.45, 7) is 3.84. The smallest absolute Gasteiger partial charge is 0.266 e. The molecule has 0 amide bonds. The first-order valence-electron chi connectivity index (χ1n) is 8.95. The Morgan fingerprint density at radius 2 is 1.90 bits per heavy atom. The first-order chi connectivity index (χ1) is 14.3. The van der Waals surface area contributed by atoms with Crippen LogP contribution in [-0.2, 0) is 10.0 Å². The van der Waals surface area contributed by atoms with Gasteiger partial charge in [0.15, 0.2) is 5.13 Å². The molecule has 154 valence electrons. The molecule has 2 aromatic heterocycles. The molecule has 0 aliphatic rings. The molecule has 4 aromatic rings. The second-order valence-corrected chi connectivity index (χ2v) is 9.13. The standard InChI is InChI=1S/C20H18FN5O2S2/c1-13-5-3-4-6-17(13)26-19(11-14(2)24-26)23-15-7-8-18(16(21)12-15)30(27,28)25-20-22-9-10-29-20/h3-12,23H,1-2H3,(H,22,25). The van der Waals surface area contributed by atoms with E-state index in [9.17, 15) is 12.8 Å². The van der Waals surface area contributed by atoms with Crippen LogP contribution in [-0.4, -0.2) is 23.2 Å². The van der Waals surface area contributed by atoms with Crippen LogP contribution in [0, 0.1) is 19.7 Å². The number of anilines is 3. The SMILES string of the molecule is Cc1cc(Nc2ccc(S(=O)(=O)Nc3nccs3)c(F)c2)n(-c2ccccc2C)n1. The Morgan fingerprint density at radius 1 is 1.10 bits per heavy atom. The van der Waals surface area contributed by atoms with Crippen LogP contribution < -0.4 is 10.0 Å². The van der Waals surface area contributed by atoms with Gasteiger partial charge in [0.25, 0.3) is 10.0 Å². The van der Waals surface area contributed by atoms with Crippen LogP contribution in [0.15, 0.2) is 65.0 Å².